The Morgan fingerprint density at radius 2 is 1.16 bits per heavy atom. The van der Waals surface area contributed by atoms with Gasteiger partial charge in [-0.3, -0.25) is 0 Å². The number of methoxy groups -OCH3 is 2. The van der Waals surface area contributed by atoms with Crippen LogP contribution >= 0.6 is 0 Å². The Morgan fingerprint density at radius 3 is 1.74 bits per heavy atom. The van der Waals surface area contributed by atoms with Crippen LogP contribution in [0, 0.1) is 0 Å². The average Bonchev–Trinajstić information content (AvgIpc) is 3.71. The Hall–Kier alpha value is -5.38. The van der Waals surface area contributed by atoms with Crippen molar-refractivity contribution in [3.05, 3.63) is 136 Å². The molecule has 2 aliphatic carbocycles. The van der Waals surface area contributed by atoms with Gasteiger partial charge in [-0.1, -0.05) is 54.6 Å². The molecule has 0 radical (unpaired) electrons. The third-order valence-electron chi connectivity index (χ3n) is 10.5. The number of hydrogen-bond acceptors (Lipinski definition) is 2. The molecule has 0 saturated carbocycles. The van der Waals surface area contributed by atoms with Crippen LogP contribution in [0.4, 0.5) is 21.8 Å². The van der Waals surface area contributed by atoms with Crippen LogP contribution in [0.5, 0.6) is 11.5 Å². The van der Waals surface area contributed by atoms with E-state index in [9.17, 15) is 0 Å². The summed E-state index contributed by atoms with van der Waals surface area (Å²) < 4.78 is 92.2. The molecule has 10 heteroatoms. The van der Waals surface area contributed by atoms with Crippen molar-refractivity contribution in [2.75, 3.05) is 14.2 Å². The second-order valence-electron chi connectivity index (χ2n) is 13.2. The highest BCUT2D eigenvalue weighted by Crippen LogP contribution is 2.51. The van der Waals surface area contributed by atoms with Crippen LogP contribution in [0.1, 0.15) is 34.4 Å². The van der Waals surface area contributed by atoms with Gasteiger partial charge in [-0.15, -0.1) is 0 Å². The summed E-state index contributed by atoms with van der Waals surface area (Å²) in [6.07, 6.45) is -1.75. The van der Waals surface area contributed by atoms with E-state index < -0.39 is 30.1 Å². The molecule has 1 aromatic heterocycles. The van der Waals surface area contributed by atoms with E-state index in [0.717, 1.165) is 33.4 Å². The summed E-state index contributed by atoms with van der Waals surface area (Å²) in [6.45, 7) is -4.73. The third-order valence-corrected chi connectivity index (χ3v) is 10.5. The Kier molecular flexibility index (Phi) is 6.63. The molecule has 0 unspecified atom stereocenters. The molecule has 0 atom stereocenters. The van der Waals surface area contributed by atoms with Crippen molar-refractivity contribution in [1.82, 2.24) is 4.48 Å². The van der Waals surface area contributed by atoms with E-state index in [1.54, 1.807) is 26.4 Å². The summed E-state index contributed by atoms with van der Waals surface area (Å²) in [4.78, 5) is 0. The number of ether oxygens (including phenoxy) is 2. The number of halogens is 5. The molecule has 2 aliphatic heterocycles. The molecule has 0 bridgehead atoms. The van der Waals surface area contributed by atoms with E-state index in [2.05, 4.69) is 0 Å². The van der Waals surface area contributed by atoms with Crippen LogP contribution in [0.25, 0.3) is 39.1 Å². The highest BCUT2D eigenvalue weighted by molar-refractivity contribution is 6.59. The fraction of sp³-hybridized carbons (Fsp3) is 0.175. The van der Waals surface area contributed by atoms with Gasteiger partial charge in [-0.2, -0.15) is 13.2 Å². The summed E-state index contributed by atoms with van der Waals surface area (Å²) in [5.74, 6) is 1.42. The fourth-order valence-corrected chi connectivity index (χ4v) is 8.24. The monoisotopic (exact) mass is 676 g/mol. The summed E-state index contributed by atoms with van der Waals surface area (Å²) in [7, 11) is 3.18. The van der Waals surface area contributed by atoms with Crippen LogP contribution < -0.4 is 9.47 Å². The van der Waals surface area contributed by atoms with Crippen molar-refractivity contribution >= 4 is 18.3 Å². The molecule has 4 aliphatic rings. The number of alkyl halides is 3. The van der Waals surface area contributed by atoms with E-state index in [1.165, 1.54) is 12.1 Å². The second kappa shape index (κ2) is 10.8. The number of rotatable bonds is 4. The van der Waals surface area contributed by atoms with Crippen molar-refractivity contribution in [2.45, 2.75) is 31.9 Å². The maximum Gasteiger partial charge on any atom is 0.737 e. The van der Waals surface area contributed by atoms with Gasteiger partial charge >= 0.3 is 13.1 Å². The number of benzene rings is 4. The first-order valence-electron chi connectivity index (χ1n) is 16.6. The lowest BCUT2D eigenvalue weighted by atomic mass is 9.82. The molecule has 3 heterocycles. The van der Waals surface area contributed by atoms with E-state index in [0.29, 0.717) is 68.4 Å². The molecule has 50 heavy (non-hydrogen) atoms. The lowest BCUT2D eigenvalue weighted by Gasteiger charge is -2.35. The summed E-state index contributed by atoms with van der Waals surface area (Å²) >= 11 is 0. The standard InChI is InChI=1S/C40H30BF5N2O2/c1-49-31-13-7-23(8-14-31)25-11-17-33-27(19-25)3-5-29-21-35-37(40(42,43)44)36-22-30-6-4-28-20-26(24-9-15-32(50-2)16-10-24)12-18-34(28)39(30)48(36)41(45,46)47(35)38(29)33/h7-22H,3-6H2,1-2H3. The molecule has 0 fully saturated rings. The maximum absolute atomic E-state index is 17.4. The van der Waals surface area contributed by atoms with Crippen LogP contribution in [-0.2, 0) is 19.3 Å². The van der Waals surface area contributed by atoms with Crippen molar-refractivity contribution in [3.63, 3.8) is 0 Å². The summed E-state index contributed by atoms with van der Waals surface area (Å²) in [6, 6.07) is 27.6. The number of aromatic nitrogens is 1. The molecule has 0 spiro atoms. The van der Waals surface area contributed by atoms with Crippen LogP contribution in [0.15, 0.2) is 108 Å². The Balaban J connectivity index is 1.22. The number of nitrogens with zero attached hydrogens (tertiary/aromatic N) is 2. The van der Waals surface area contributed by atoms with E-state index in [-0.39, 0.29) is 11.4 Å². The van der Waals surface area contributed by atoms with Crippen molar-refractivity contribution in [1.29, 1.82) is 0 Å². The minimum Gasteiger partial charge on any atom is -0.497 e. The second-order valence-corrected chi connectivity index (χ2v) is 13.2. The zero-order chi connectivity index (χ0) is 34.5. The average molecular weight is 676 g/mol. The third kappa shape index (κ3) is 4.46. The molecule has 5 aromatic rings. The molecule has 250 valence electrons. The van der Waals surface area contributed by atoms with Crippen LogP contribution in [-0.4, -0.2) is 42.0 Å². The molecular weight excluding hydrogens is 646 g/mol. The number of allylic oxidation sites excluding steroid dienone is 3. The van der Waals surface area contributed by atoms with Gasteiger partial charge in [0.2, 0.25) is 0 Å². The first-order chi connectivity index (χ1) is 24.1. The summed E-state index contributed by atoms with van der Waals surface area (Å²) in [5.41, 5.74) is 5.70. The molecule has 9 rings (SSSR count). The molecule has 4 aromatic carbocycles. The van der Waals surface area contributed by atoms with Crippen LogP contribution in [0.3, 0.4) is 0 Å². The van der Waals surface area contributed by atoms with Gasteiger partial charge in [0.15, 0.2) is 11.4 Å². The molecule has 0 N–H and O–H groups in total. The SMILES string of the molecule is COc1ccc(-c2ccc3c(c2)CCC2=CC4=C(C(F)(F)F)c5cc6c(n5[B-](F)(F)[N+]4=C23)-c2ccc(-c3ccc(OC)cc3)cc2CC6)cc1. The lowest BCUT2D eigenvalue weighted by molar-refractivity contribution is -0.362. The van der Waals surface area contributed by atoms with E-state index >= 15 is 21.8 Å². The lowest BCUT2D eigenvalue weighted by Crippen LogP contribution is -2.52. The zero-order valence-corrected chi connectivity index (χ0v) is 27.2. The minimum absolute atomic E-state index is 0.160. The molecule has 0 amide bonds. The highest BCUT2D eigenvalue weighted by atomic mass is 19.4. The van der Waals surface area contributed by atoms with Crippen molar-refractivity contribution < 1.29 is 35.8 Å². The fourth-order valence-electron chi connectivity index (χ4n) is 8.24. The van der Waals surface area contributed by atoms with Gasteiger partial charge in [0.25, 0.3) is 0 Å². The Morgan fingerprint density at radius 1 is 0.640 bits per heavy atom. The van der Waals surface area contributed by atoms with Crippen molar-refractivity contribution in [2.24, 2.45) is 0 Å². The summed E-state index contributed by atoms with van der Waals surface area (Å²) in [5, 5.41) is 0. The number of hydrogen-bond donors (Lipinski definition) is 0. The van der Waals surface area contributed by atoms with Crippen molar-refractivity contribution in [3.8, 4) is 45.0 Å². The Bertz CT molecular complexity index is 2350. The highest BCUT2D eigenvalue weighted by Gasteiger charge is 2.60. The topological polar surface area (TPSA) is 26.4 Å². The quantitative estimate of drug-likeness (QED) is 0.140. The Labute approximate surface area is 285 Å². The van der Waals surface area contributed by atoms with Gasteiger partial charge in [-0.25, -0.2) is 0 Å². The predicted octanol–water partition coefficient (Wildman–Crippen LogP) is 9.50. The van der Waals surface area contributed by atoms with Crippen LogP contribution in [0.2, 0.25) is 0 Å². The van der Waals surface area contributed by atoms with Gasteiger partial charge < -0.3 is 27.1 Å². The van der Waals surface area contributed by atoms with Gasteiger partial charge in [0.05, 0.1) is 14.2 Å². The van der Waals surface area contributed by atoms with Gasteiger partial charge in [0, 0.05) is 28.6 Å². The molecule has 4 nitrogen and oxygen atoms in total. The minimum atomic E-state index is -4.87. The van der Waals surface area contributed by atoms with E-state index in [1.807, 2.05) is 72.8 Å². The first kappa shape index (κ1) is 30.7. The maximum atomic E-state index is 17.4. The van der Waals surface area contributed by atoms with E-state index in [4.69, 9.17) is 9.47 Å². The molecular formula is C40H30BF5N2O2. The predicted molar refractivity (Wildman–Crippen MR) is 185 cm³/mol. The normalized spacial score (nSPS) is 16.9. The first-order valence-corrected chi connectivity index (χ1v) is 16.6. The number of aryl methyl sites for hydroxylation is 3. The largest absolute Gasteiger partial charge is 0.737 e. The zero-order valence-electron chi connectivity index (χ0n) is 27.2. The van der Waals surface area contributed by atoms with Gasteiger partial charge in [0.1, 0.15) is 17.1 Å². The van der Waals surface area contributed by atoms with Gasteiger partial charge in [-0.05, 0) is 107 Å². The smallest absolute Gasteiger partial charge is 0.497 e. The molecule has 0 saturated heterocycles. The number of fused-ring (bicyclic) bond motifs is 9.